The lowest BCUT2D eigenvalue weighted by atomic mass is 9.91. The number of pyridine rings is 1. The number of fused-ring (bicyclic) bond motifs is 1. The number of nitrogens with zero attached hydrogens (tertiary/aromatic N) is 6. The van der Waals surface area contributed by atoms with E-state index in [1.807, 2.05) is 6.20 Å². The van der Waals surface area contributed by atoms with Gasteiger partial charge in [-0.05, 0) is 58.0 Å². The van der Waals surface area contributed by atoms with Crippen LogP contribution in [0.25, 0.3) is 0 Å². The molecule has 0 saturated carbocycles. The molecular formula is C21H30N6. The maximum Gasteiger partial charge on any atom is 0.132 e. The molecule has 1 unspecified atom stereocenters. The first kappa shape index (κ1) is 18.3. The Labute approximate surface area is 162 Å². The lowest BCUT2D eigenvalue weighted by Crippen LogP contribution is -2.30. The summed E-state index contributed by atoms with van der Waals surface area (Å²) in [5.41, 5.74) is 3.73. The summed E-state index contributed by atoms with van der Waals surface area (Å²) in [5, 5.41) is 0. The lowest BCUT2D eigenvalue weighted by molar-refractivity contribution is 0.206. The number of hydrogen-bond donors (Lipinski definition) is 0. The van der Waals surface area contributed by atoms with Crippen LogP contribution in [0, 0.1) is 0 Å². The van der Waals surface area contributed by atoms with Crippen LogP contribution in [0.1, 0.15) is 42.3 Å². The minimum Gasteiger partial charge on any atom is -0.355 e. The van der Waals surface area contributed by atoms with Crippen LogP contribution in [0.4, 0.5) is 5.82 Å². The predicted molar refractivity (Wildman–Crippen MR) is 108 cm³/mol. The molecule has 1 atom stereocenters. The van der Waals surface area contributed by atoms with Crippen molar-refractivity contribution < 1.29 is 0 Å². The van der Waals surface area contributed by atoms with Crippen molar-refractivity contribution in [2.45, 2.75) is 38.3 Å². The average molecular weight is 367 g/mol. The normalized spacial score (nSPS) is 21.1. The minimum atomic E-state index is 0.375. The molecule has 0 amide bonds. The molecule has 0 N–H and O–H groups in total. The zero-order chi connectivity index (χ0) is 18.6. The van der Waals surface area contributed by atoms with Crippen LogP contribution >= 0.6 is 0 Å². The van der Waals surface area contributed by atoms with Crippen molar-refractivity contribution in [3.8, 4) is 0 Å². The quantitative estimate of drug-likeness (QED) is 0.829. The molecule has 1 aliphatic heterocycles. The van der Waals surface area contributed by atoms with Gasteiger partial charge in [0, 0.05) is 38.4 Å². The largest absolute Gasteiger partial charge is 0.355 e. The van der Waals surface area contributed by atoms with Gasteiger partial charge in [0.25, 0.3) is 0 Å². The van der Waals surface area contributed by atoms with E-state index in [1.165, 1.54) is 24.1 Å². The second-order valence-electron chi connectivity index (χ2n) is 7.88. The van der Waals surface area contributed by atoms with Crippen LogP contribution in [-0.4, -0.2) is 65.0 Å². The van der Waals surface area contributed by atoms with Crippen molar-refractivity contribution in [1.29, 1.82) is 0 Å². The summed E-state index contributed by atoms with van der Waals surface area (Å²) in [6.07, 6.45) is 8.36. The smallest absolute Gasteiger partial charge is 0.132 e. The van der Waals surface area contributed by atoms with Crippen molar-refractivity contribution in [2.24, 2.45) is 0 Å². The molecule has 3 heterocycles. The van der Waals surface area contributed by atoms with Crippen LogP contribution in [0.15, 0.2) is 30.7 Å². The average Bonchev–Trinajstić information content (AvgIpc) is 2.92. The van der Waals surface area contributed by atoms with Crippen molar-refractivity contribution in [1.82, 2.24) is 24.8 Å². The summed E-state index contributed by atoms with van der Waals surface area (Å²) in [4.78, 5) is 21.0. The number of hydrogen-bond acceptors (Lipinski definition) is 6. The van der Waals surface area contributed by atoms with E-state index in [4.69, 9.17) is 0 Å². The van der Waals surface area contributed by atoms with Gasteiger partial charge in [0.1, 0.15) is 12.1 Å². The minimum absolute atomic E-state index is 0.375. The first-order valence-corrected chi connectivity index (χ1v) is 10.1. The Kier molecular flexibility index (Phi) is 5.64. The van der Waals surface area contributed by atoms with E-state index in [2.05, 4.69) is 61.9 Å². The zero-order valence-corrected chi connectivity index (χ0v) is 16.5. The van der Waals surface area contributed by atoms with E-state index in [-0.39, 0.29) is 0 Å². The molecule has 0 aromatic carbocycles. The van der Waals surface area contributed by atoms with E-state index >= 15 is 0 Å². The van der Waals surface area contributed by atoms with Crippen molar-refractivity contribution >= 4 is 5.82 Å². The first-order valence-electron chi connectivity index (χ1n) is 10.1. The molecule has 0 spiro atoms. The Morgan fingerprint density at radius 2 is 2.04 bits per heavy atom. The number of aromatic nitrogens is 3. The summed E-state index contributed by atoms with van der Waals surface area (Å²) in [6, 6.07) is 6.82. The molecular weight excluding hydrogens is 336 g/mol. The topological polar surface area (TPSA) is 48.4 Å². The Hall–Kier alpha value is -2.05. The van der Waals surface area contributed by atoms with Gasteiger partial charge in [0.2, 0.25) is 0 Å². The second-order valence-corrected chi connectivity index (χ2v) is 7.88. The summed E-state index contributed by atoms with van der Waals surface area (Å²) in [5.74, 6) is 1.06. The van der Waals surface area contributed by atoms with E-state index in [0.717, 1.165) is 57.1 Å². The first-order chi connectivity index (χ1) is 13.2. The monoisotopic (exact) mass is 366 g/mol. The Morgan fingerprint density at radius 1 is 1.11 bits per heavy atom. The van der Waals surface area contributed by atoms with Crippen molar-refractivity contribution in [3.63, 3.8) is 0 Å². The Balaban J connectivity index is 1.47. The fourth-order valence-corrected chi connectivity index (χ4v) is 4.30. The SMILES string of the molecule is CN1CCCN(c2cc(CN(C)C3CCCc4cccnc43)ncn2)CC1. The molecule has 1 aliphatic carbocycles. The highest BCUT2D eigenvalue weighted by molar-refractivity contribution is 5.39. The van der Waals surface area contributed by atoms with E-state index in [1.54, 1.807) is 6.33 Å². The third kappa shape index (κ3) is 4.28. The highest BCUT2D eigenvalue weighted by Gasteiger charge is 2.25. The highest BCUT2D eigenvalue weighted by Crippen LogP contribution is 2.32. The van der Waals surface area contributed by atoms with E-state index in [9.17, 15) is 0 Å². The molecule has 1 saturated heterocycles. The zero-order valence-electron chi connectivity index (χ0n) is 16.5. The lowest BCUT2D eigenvalue weighted by Gasteiger charge is -2.32. The molecule has 2 aliphatic rings. The van der Waals surface area contributed by atoms with Gasteiger partial charge >= 0.3 is 0 Å². The summed E-state index contributed by atoms with van der Waals surface area (Å²) < 4.78 is 0. The van der Waals surface area contributed by atoms with Crippen LogP contribution in [0.5, 0.6) is 0 Å². The standard InChI is InChI=1S/C21H30N6/c1-25-10-5-11-27(13-12-25)20-14-18(23-16-24-20)15-26(2)19-8-3-6-17-7-4-9-22-21(17)19/h4,7,9,14,16,19H,3,5-6,8,10-13,15H2,1-2H3. The van der Waals surface area contributed by atoms with Crippen LogP contribution in [0.2, 0.25) is 0 Å². The van der Waals surface area contributed by atoms with E-state index < -0.39 is 0 Å². The molecule has 4 rings (SSSR count). The summed E-state index contributed by atoms with van der Waals surface area (Å²) >= 11 is 0. The number of likely N-dealkylation sites (N-methyl/N-ethyl adjacent to an activating group) is 1. The van der Waals surface area contributed by atoms with Crippen LogP contribution in [-0.2, 0) is 13.0 Å². The summed E-state index contributed by atoms with van der Waals surface area (Å²) in [7, 11) is 4.39. The Bertz CT molecular complexity index is 764. The maximum absolute atomic E-state index is 4.68. The van der Waals surface area contributed by atoms with Crippen molar-refractivity contribution in [3.05, 3.63) is 47.7 Å². The number of aryl methyl sites for hydroxylation is 1. The molecule has 1 fully saturated rings. The third-order valence-corrected chi connectivity index (χ3v) is 5.86. The highest BCUT2D eigenvalue weighted by atomic mass is 15.2. The molecule has 2 aromatic rings. The second kappa shape index (κ2) is 8.31. The number of rotatable bonds is 4. The third-order valence-electron chi connectivity index (χ3n) is 5.86. The molecule has 6 nitrogen and oxygen atoms in total. The van der Waals surface area contributed by atoms with Gasteiger partial charge in [-0.25, -0.2) is 9.97 Å². The predicted octanol–water partition coefficient (Wildman–Crippen LogP) is 2.52. The van der Waals surface area contributed by atoms with E-state index in [0.29, 0.717) is 6.04 Å². The molecule has 144 valence electrons. The molecule has 27 heavy (non-hydrogen) atoms. The molecule has 0 radical (unpaired) electrons. The van der Waals surface area contributed by atoms with Crippen LogP contribution in [0.3, 0.4) is 0 Å². The molecule has 0 bridgehead atoms. The van der Waals surface area contributed by atoms with Gasteiger partial charge in [0.05, 0.1) is 17.4 Å². The molecule has 2 aromatic heterocycles. The van der Waals surface area contributed by atoms with Gasteiger partial charge in [-0.1, -0.05) is 6.07 Å². The Morgan fingerprint density at radius 3 is 2.96 bits per heavy atom. The summed E-state index contributed by atoms with van der Waals surface area (Å²) in [6.45, 7) is 5.16. The molecule has 6 heteroatoms. The number of anilines is 1. The maximum atomic E-state index is 4.68. The van der Waals surface area contributed by atoms with Gasteiger partial charge in [-0.15, -0.1) is 0 Å². The fourth-order valence-electron chi connectivity index (χ4n) is 4.30. The van der Waals surface area contributed by atoms with Gasteiger partial charge in [-0.3, -0.25) is 9.88 Å². The van der Waals surface area contributed by atoms with Gasteiger partial charge in [-0.2, -0.15) is 0 Å². The van der Waals surface area contributed by atoms with Gasteiger partial charge in [0.15, 0.2) is 0 Å². The van der Waals surface area contributed by atoms with Gasteiger partial charge < -0.3 is 9.80 Å². The fraction of sp³-hybridized carbons (Fsp3) is 0.571. The van der Waals surface area contributed by atoms with Crippen molar-refractivity contribution in [2.75, 3.05) is 45.2 Å². The van der Waals surface area contributed by atoms with Crippen LogP contribution < -0.4 is 4.90 Å².